The van der Waals surface area contributed by atoms with Crippen LogP contribution >= 0.6 is 11.3 Å². The molecule has 15 heavy (non-hydrogen) atoms. The first-order chi connectivity index (χ1) is 7.21. The van der Waals surface area contributed by atoms with Crippen LogP contribution in [0.3, 0.4) is 0 Å². The molecule has 0 radical (unpaired) electrons. The number of rotatable bonds is 1. The topological polar surface area (TPSA) is 38.9 Å². The smallest absolute Gasteiger partial charge is 0.113 e. The van der Waals surface area contributed by atoms with Crippen LogP contribution in [0.5, 0.6) is 0 Å². The van der Waals surface area contributed by atoms with Crippen molar-refractivity contribution in [2.24, 2.45) is 5.73 Å². The first-order valence-corrected chi connectivity index (χ1v) is 6.74. The molecule has 1 aromatic rings. The largest absolute Gasteiger partial charge is 0.319 e. The highest BCUT2D eigenvalue weighted by atomic mass is 32.1. The lowest BCUT2D eigenvalue weighted by molar-refractivity contribution is 0.322. The third-order valence-corrected chi connectivity index (χ3v) is 4.43. The summed E-state index contributed by atoms with van der Waals surface area (Å²) in [6.45, 7) is 2.10. The predicted octanol–water partition coefficient (Wildman–Crippen LogP) is 3.35. The normalized spacial score (nSPS) is 22.0. The fourth-order valence-corrected chi connectivity index (χ4v) is 3.26. The molecule has 2 nitrogen and oxygen atoms in total. The third kappa shape index (κ3) is 2.58. The molecule has 0 bridgehead atoms. The quantitative estimate of drug-likeness (QED) is 0.794. The van der Waals surface area contributed by atoms with Gasteiger partial charge in [0.25, 0.3) is 0 Å². The molecule has 0 unspecified atom stereocenters. The van der Waals surface area contributed by atoms with Gasteiger partial charge in [0, 0.05) is 11.1 Å². The van der Waals surface area contributed by atoms with Gasteiger partial charge in [-0.25, -0.2) is 4.98 Å². The van der Waals surface area contributed by atoms with Gasteiger partial charge in [-0.2, -0.15) is 0 Å². The number of nitrogens with zero attached hydrogens (tertiary/aromatic N) is 1. The minimum atomic E-state index is -0.126. The third-order valence-electron chi connectivity index (χ3n) is 3.29. The highest BCUT2D eigenvalue weighted by Gasteiger charge is 2.30. The zero-order chi connectivity index (χ0) is 10.7. The average molecular weight is 224 g/mol. The maximum atomic E-state index is 6.51. The van der Waals surface area contributed by atoms with Crippen LogP contribution in [0.15, 0.2) is 6.20 Å². The molecular formula is C12H20N2S. The second-order valence-corrected chi connectivity index (χ2v) is 5.93. The summed E-state index contributed by atoms with van der Waals surface area (Å²) in [5.41, 5.74) is 6.39. The van der Waals surface area contributed by atoms with Gasteiger partial charge in [0.15, 0.2) is 0 Å². The van der Waals surface area contributed by atoms with Crippen molar-refractivity contribution in [1.29, 1.82) is 0 Å². The SMILES string of the molecule is Cc1cnc(C2(N)CCCCCCC2)s1. The molecule has 0 aliphatic heterocycles. The van der Waals surface area contributed by atoms with Gasteiger partial charge in [-0.05, 0) is 19.8 Å². The van der Waals surface area contributed by atoms with Crippen LogP contribution < -0.4 is 5.73 Å². The van der Waals surface area contributed by atoms with Gasteiger partial charge in [0.05, 0.1) is 5.54 Å². The van der Waals surface area contributed by atoms with E-state index in [1.54, 1.807) is 11.3 Å². The number of aromatic nitrogens is 1. The summed E-state index contributed by atoms with van der Waals surface area (Å²) in [5.74, 6) is 0. The summed E-state index contributed by atoms with van der Waals surface area (Å²) >= 11 is 1.77. The van der Waals surface area contributed by atoms with Crippen molar-refractivity contribution in [2.75, 3.05) is 0 Å². The van der Waals surface area contributed by atoms with Crippen molar-refractivity contribution >= 4 is 11.3 Å². The van der Waals surface area contributed by atoms with Crippen molar-refractivity contribution in [1.82, 2.24) is 4.98 Å². The minimum Gasteiger partial charge on any atom is -0.319 e. The van der Waals surface area contributed by atoms with E-state index in [0.29, 0.717) is 0 Å². The van der Waals surface area contributed by atoms with Gasteiger partial charge in [-0.1, -0.05) is 32.1 Å². The van der Waals surface area contributed by atoms with Crippen molar-refractivity contribution in [2.45, 2.75) is 57.4 Å². The predicted molar refractivity (Wildman–Crippen MR) is 65.0 cm³/mol. The molecule has 1 fully saturated rings. The second-order valence-electron chi connectivity index (χ2n) is 4.70. The fraction of sp³-hybridized carbons (Fsp3) is 0.750. The Morgan fingerprint density at radius 3 is 2.33 bits per heavy atom. The standard InChI is InChI=1S/C12H20N2S/c1-10-9-14-11(15-10)12(13)7-5-3-2-4-6-8-12/h9H,2-8,13H2,1H3. The summed E-state index contributed by atoms with van der Waals surface area (Å²) in [6.07, 6.45) is 10.7. The Balaban J connectivity index is 2.15. The van der Waals surface area contributed by atoms with Crippen LogP contribution in [0.2, 0.25) is 0 Å². The molecule has 1 aliphatic rings. The van der Waals surface area contributed by atoms with Gasteiger partial charge in [-0.3, -0.25) is 0 Å². The lowest BCUT2D eigenvalue weighted by Gasteiger charge is -2.29. The van der Waals surface area contributed by atoms with E-state index in [1.165, 1.54) is 37.0 Å². The van der Waals surface area contributed by atoms with E-state index in [9.17, 15) is 0 Å². The Morgan fingerprint density at radius 2 is 1.80 bits per heavy atom. The zero-order valence-electron chi connectivity index (χ0n) is 9.46. The van der Waals surface area contributed by atoms with E-state index in [0.717, 1.165) is 17.8 Å². The number of hydrogen-bond donors (Lipinski definition) is 1. The van der Waals surface area contributed by atoms with Crippen LogP contribution in [-0.2, 0) is 5.54 Å². The Bertz CT molecular complexity index is 311. The van der Waals surface area contributed by atoms with E-state index < -0.39 is 0 Å². The molecule has 1 aromatic heterocycles. The highest BCUT2D eigenvalue weighted by Crippen LogP contribution is 2.34. The van der Waals surface area contributed by atoms with Gasteiger partial charge < -0.3 is 5.73 Å². The zero-order valence-corrected chi connectivity index (χ0v) is 10.3. The lowest BCUT2D eigenvalue weighted by Crippen LogP contribution is -2.37. The molecule has 1 heterocycles. The lowest BCUT2D eigenvalue weighted by atomic mass is 9.85. The fourth-order valence-electron chi connectivity index (χ4n) is 2.34. The molecule has 0 aromatic carbocycles. The Hall–Kier alpha value is -0.410. The number of nitrogens with two attached hydrogens (primary N) is 1. The summed E-state index contributed by atoms with van der Waals surface area (Å²) in [5, 5.41) is 1.15. The molecule has 1 aliphatic carbocycles. The van der Waals surface area contributed by atoms with E-state index in [-0.39, 0.29) is 5.54 Å². The number of hydrogen-bond acceptors (Lipinski definition) is 3. The Kier molecular flexibility index (Phi) is 3.42. The van der Waals surface area contributed by atoms with Gasteiger partial charge in [-0.15, -0.1) is 11.3 Å². The molecule has 2 rings (SSSR count). The van der Waals surface area contributed by atoms with Gasteiger partial charge >= 0.3 is 0 Å². The summed E-state index contributed by atoms with van der Waals surface area (Å²) < 4.78 is 0. The van der Waals surface area contributed by atoms with Crippen LogP contribution in [0.1, 0.15) is 54.8 Å². The van der Waals surface area contributed by atoms with Crippen LogP contribution in [0.25, 0.3) is 0 Å². The summed E-state index contributed by atoms with van der Waals surface area (Å²) in [6, 6.07) is 0. The maximum absolute atomic E-state index is 6.51. The van der Waals surface area contributed by atoms with E-state index in [1.807, 2.05) is 6.20 Å². The highest BCUT2D eigenvalue weighted by molar-refractivity contribution is 7.11. The number of aryl methyl sites for hydroxylation is 1. The van der Waals surface area contributed by atoms with Crippen LogP contribution in [0.4, 0.5) is 0 Å². The van der Waals surface area contributed by atoms with Crippen LogP contribution in [0, 0.1) is 6.92 Å². The molecule has 0 amide bonds. The molecule has 2 N–H and O–H groups in total. The molecule has 3 heteroatoms. The van der Waals surface area contributed by atoms with Crippen LogP contribution in [-0.4, -0.2) is 4.98 Å². The first kappa shape index (κ1) is 11.1. The Morgan fingerprint density at radius 1 is 1.20 bits per heavy atom. The molecule has 84 valence electrons. The maximum Gasteiger partial charge on any atom is 0.113 e. The summed E-state index contributed by atoms with van der Waals surface area (Å²) in [7, 11) is 0. The molecule has 0 atom stereocenters. The first-order valence-electron chi connectivity index (χ1n) is 5.92. The molecule has 1 saturated carbocycles. The van der Waals surface area contributed by atoms with Crippen molar-refractivity contribution < 1.29 is 0 Å². The molecular weight excluding hydrogens is 204 g/mol. The molecule has 0 spiro atoms. The van der Waals surface area contributed by atoms with E-state index in [2.05, 4.69) is 11.9 Å². The second kappa shape index (κ2) is 4.62. The van der Waals surface area contributed by atoms with Crippen molar-refractivity contribution in [3.63, 3.8) is 0 Å². The molecule has 0 saturated heterocycles. The minimum absolute atomic E-state index is 0.126. The van der Waals surface area contributed by atoms with Crippen molar-refractivity contribution in [3.8, 4) is 0 Å². The van der Waals surface area contributed by atoms with Gasteiger partial charge in [0.1, 0.15) is 5.01 Å². The van der Waals surface area contributed by atoms with E-state index >= 15 is 0 Å². The summed E-state index contributed by atoms with van der Waals surface area (Å²) in [4.78, 5) is 5.75. The monoisotopic (exact) mass is 224 g/mol. The van der Waals surface area contributed by atoms with Gasteiger partial charge in [0.2, 0.25) is 0 Å². The van der Waals surface area contributed by atoms with Crippen molar-refractivity contribution in [3.05, 3.63) is 16.1 Å². The number of thiazole rings is 1. The van der Waals surface area contributed by atoms with E-state index in [4.69, 9.17) is 5.73 Å². The average Bonchev–Trinajstić information content (AvgIpc) is 2.59. The Labute approximate surface area is 95.9 Å².